The summed E-state index contributed by atoms with van der Waals surface area (Å²) in [5.74, 6) is 0.292. The van der Waals surface area contributed by atoms with Crippen molar-refractivity contribution < 1.29 is 14.7 Å². The van der Waals surface area contributed by atoms with E-state index in [0.29, 0.717) is 6.42 Å². The van der Waals surface area contributed by atoms with E-state index in [4.69, 9.17) is 5.11 Å². The monoisotopic (exact) mass is 197 g/mol. The van der Waals surface area contributed by atoms with Crippen LogP contribution in [-0.2, 0) is 4.79 Å². The number of hydrogen-bond donors (Lipinski definition) is 2. The average molecular weight is 197 g/mol. The Kier molecular flexibility index (Phi) is 3.68. The summed E-state index contributed by atoms with van der Waals surface area (Å²) in [5, 5.41) is 10.6. The van der Waals surface area contributed by atoms with E-state index < -0.39 is 6.09 Å². The molecule has 0 aromatic carbocycles. The average Bonchev–Trinajstić information content (AvgIpc) is 2.15. The van der Waals surface area contributed by atoms with Crippen molar-refractivity contribution in [1.29, 1.82) is 0 Å². The van der Waals surface area contributed by atoms with Crippen LogP contribution in [0.15, 0.2) is 12.7 Å². The number of hydrogen-bond acceptors (Lipinski definition) is 2. The summed E-state index contributed by atoms with van der Waals surface area (Å²) in [4.78, 5) is 21.7. The van der Waals surface area contributed by atoms with Gasteiger partial charge in [0.2, 0.25) is 0 Å². The summed E-state index contributed by atoms with van der Waals surface area (Å²) in [7, 11) is 0. The zero-order valence-corrected chi connectivity index (χ0v) is 8.03. The first kappa shape index (κ1) is 10.8. The van der Waals surface area contributed by atoms with E-state index in [1.54, 1.807) is 6.08 Å². The predicted octanol–water partition coefficient (Wildman–Crippen LogP) is 1.43. The summed E-state index contributed by atoms with van der Waals surface area (Å²) in [6.07, 6.45) is 2.94. The highest BCUT2D eigenvalue weighted by molar-refractivity contribution is 5.82. The van der Waals surface area contributed by atoms with Gasteiger partial charge in [0.05, 0.1) is 0 Å². The van der Waals surface area contributed by atoms with Crippen LogP contribution in [-0.4, -0.2) is 23.5 Å². The Balaban J connectivity index is 2.38. The predicted molar refractivity (Wildman–Crippen MR) is 52.1 cm³/mol. The molecule has 2 atom stereocenters. The van der Waals surface area contributed by atoms with Crippen LogP contribution in [0.4, 0.5) is 4.79 Å². The van der Waals surface area contributed by atoms with Crippen LogP contribution >= 0.6 is 0 Å². The van der Waals surface area contributed by atoms with E-state index in [1.165, 1.54) is 0 Å². The van der Waals surface area contributed by atoms with Crippen molar-refractivity contribution in [3.63, 3.8) is 0 Å². The van der Waals surface area contributed by atoms with Crippen LogP contribution in [0, 0.1) is 11.8 Å². The van der Waals surface area contributed by atoms with Crippen molar-refractivity contribution in [3.05, 3.63) is 12.7 Å². The summed E-state index contributed by atoms with van der Waals surface area (Å²) in [6, 6.07) is 0. The number of amides is 1. The van der Waals surface area contributed by atoms with Crippen molar-refractivity contribution in [2.75, 3.05) is 6.54 Å². The van der Waals surface area contributed by atoms with E-state index in [2.05, 4.69) is 11.9 Å². The van der Waals surface area contributed by atoms with Gasteiger partial charge in [-0.25, -0.2) is 4.79 Å². The van der Waals surface area contributed by atoms with Crippen LogP contribution < -0.4 is 5.32 Å². The highest BCUT2D eigenvalue weighted by Crippen LogP contribution is 2.26. The van der Waals surface area contributed by atoms with Gasteiger partial charge in [-0.2, -0.15) is 0 Å². The Hall–Kier alpha value is -1.32. The van der Waals surface area contributed by atoms with Crippen molar-refractivity contribution in [2.45, 2.75) is 19.3 Å². The first-order chi connectivity index (χ1) is 6.63. The molecule has 1 aliphatic carbocycles. The molecule has 1 rings (SSSR count). The van der Waals surface area contributed by atoms with Crippen molar-refractivity contribution in [3.8, 4) is 0 Å². The molecule has 0 bridgehead atoms. The van der Waals surface area contributed by atoms with Gasteiger partial charge in [0, 0.05) is 18.9 Å². The van der Waals surface area contributed by atoms with Crippen molar-refractivity contribution in [2.24, 2.45) is 11.8 Å². The van der Waals surface area contributed by atoms with Gasteiger partial charge in [0.15, 0.2) is 0 Å². The molecule has 0 saturated heterocycles. The molecule has 1 fully saturated rings. The Labute approximate surface area is 83.0 Å². The second kappa shape index (κ2) is 4.79. The quantitative estimate of drug-likeness (QED) is 0.672. The molecule has 0 aromatic rings. The molecule has 1 amide bonds. The Bertz CT molecular complexity index is 250. The number of carbonyl (C=O) groups excluding carboxylic acids is 1. The number of Topliss-reactive ketones (excluding diaryl/α,β-unsaturated/α-hetero) is 1. The Morgan fingerprint density at radius 1 is 1.64 bits per heavy atom. The molecule has 2 N–H and O–H groups in total. The molecule has 0 aliphatic heterocycles. The number of carbonyl (C=O) groups is 2. The fraction of sp³-hybridized carbons (Fsp3) is 0.600. The lowest BCUT2D eigenvalue weighted by Gasteiger charge is -2.24. The van der Waals surface area contributed by atoms with Gasteiger partial charge in [0.1, 0.15) is 5.78 Å². The first-order valence-corrected chi connectivity index (χ1v) is 4.75. The summed E-state index contributed by atoms with van der Waals surface area (Å²) < 4.78 is 0. The molecule has 0 heterocycles. The second-order valence-electron chi connectivity index (χ2n) is 3.63. The van der Waals surface area contributed by atoms with Crippen molar-refractivity contribution >= 4 is 11.9 Å². The maximum Gasteiger partial charge on any atom is 0.404 e. The molecule has 14 heavy (non-hydrogen) atoms. The lowest BCUT2D eigenvalue weighted by molar-refractivity contribution is -0.125. The standard InChI is InChI=1S/C10H15NO3/c1-2-7-3-4-8(9(12)5-7)6-11-10(13)14/h2,7-8,11H,1,3-6H2,(H,13,14)/t7-,8?/m1/s1. The molecule has 0 radical (unpaired) electrons. The minimum Gasteiger partial charge on any atom is -0.465 e. The molecule has 0 aromatic heterocycles. The molecule has 1 aliphatic rings. The number of ketones is 1. The Morgan fingerprint density at radius 2 is 2.36 bits per heavy atom. The zero-order valence-electron chi connectivity index (χ0n) is 8.03. The first-order valence-electron chi connectivity index (χ1n) is 4.75. The lowest BCUT2D eigenvalue weighted by Crippen LogP contribution is -2.35. The molecule has 78 valence electrons. The van der Waals surface area contributed by atoms with Gasteiger partial charge >= 0.3 is 6.09 Å². The van der Waals surface area contributed by atoms with Gasteiger partial charge in [-0.05, 0) is 18.8 Å². The normalized spacial score (nSPS) is 27.0. The van der Waals surface area contributed by atoms with E-state index in [0.717, 1.165) is 12.8 Å². The topological polar surface area (TPSA) is 66.4 Å². The zero-order chi connectivity index (χ0) is 10.6. The fourth-order valence-electron chi connectivity index (χ4n) is 1.73. The van der Waals surface area contributed by atoms with Crippen molar-refractivity contribution in [1.82, 2.24) is 5.32 Å². The SMILES string of the molecule is C=C[C@@H]1CCC(CNC(=O)O)C(=O)C1. The van der Waals surface area contributed by atoms with E-state index >= 15 is 0 Å². The second-order valence-corrected chi connectivity index (χ2v) is 3.63. The number of nitrogens with one attached hydrogen (secondary N) is 1. The molecule has 4 nitrogen and oxygen atoms in total. The highest BCUT2D eigenvalue weighted by Gasteiger charge is 2.26. The van der Waals surface area contributed by atoms with Crippen LogP contribution in [0.25, 0.3) is 0 Å². The van der Waals surface area contributed by atoms with Gasteiger partial charge in [0.25, 0.3) is 0 Å². The fourth-order valence-corrected chi connectivity index (χ4v) is 1.73. The van der Waals surface area contributed by atoms with Crippen LogP contribution in [0.3, 0.4) is 0 Å². The summed E-state index contributed by atoms with van der Waals surface area (Å²) >= 11 is 0. The number of allylic oxidation sites excluding steroid dienone is 1. The minimum atomic E-state index is -1.07. The van der Waals surface area contributed by atoms with Gasteiger partial charge in [-0.15, -0.1) is 6.58 Å². The molecular weight excluding hydrogens is 182 g/mol. The third-order valence-corrected chi connectivity index (χ3v) is 2.64. The largest absolute Gasteiger partial charge is 0.465 e. The van der Waals surface area contributed by atoms with Gasteiger partial charge in [-0.1, -0.05) is 6.08 Å². The van der Waals surface area contributed by atoms with Crippen LogP contribution in [0.5, 0.6) is 0 Å². The molecule has 0 spiro atoms. The van der Waals surface area contributed by atoms with E-state index in [1.807, 2.05) is 0 Å². The summed E-state index contributed by atoms with van der Waals surface area (Å²) in [5.41, 5.74) is 0. The van der Waals surface area contributed by atoms with E-state index in [9.17, 15) is 9.59 Å². The van der Waals surface area contributed by atoms with Crippen LogP contribution in [0.1, 0.15) is 19.3 Å². The molecular formula is C10H15NO3. The minimum absolute atomic E-state index is 0.137. The Morgan fingerprint density at radius 3 is 2.86 bits per heavy atom. The van der Waals surface area contributed by atoms with Crippen LogP contribution in [0.2, 0.25) is 0 Å². The smallest absolute Gasteiger partial charge is 0.404 e. The van der Waals surface area contributed by atoms with E-state index in [-0.39, 0.29) is 24.2 Å². The lowest BCUT2D eigenvalue weighted by atomic mass is 9.81. The number of carboxylic acid groups (broad SMARTS) is 1. The highest BCUT2D eigenvalue weighted by atomic mass is 16.4. The maximum absolute atomic E-state index is 11.5. The summed E-state index contributed by atoms with van der Waals surface area (Å²) in [6.45, 7) is 3.90. The molecule has 1 unspecified atom stereocenters. The van der Waals surface area contributed by atoms with Gasteiger partial charge in [-0.3, -0.25) is 4.79 Å². The molecule has 4 heteroatoms. The third kappa shape index (κ3) is 2.87. The molecule has 1 saturated carbocycles. The van der Waals surface area contributed by atoms with Gasteiger partial charge < -0.3 is 10.4 Å². The third-order valence-electron chi connectivity index (χ3n) is 2.64. The maximum atomic E-state index is 11.5. The number of rotatable bonds is 3.